The lowest BCUT2D eigenvalue weighted by Gasteiger charge is -2.23. The van der Waals surface area contributed by atoms with Crippen LogP contribution in [0.4, 0.5) is 10.7 Å². The third-order valence-electron chi connectivity index (χ3n) is 4.56. The summed E-state index contributed by atoms with van der Waals surface area (Å²) < 4.78 is 11.1. The van der Waals surface area contributed by atoms with Crippen molar-refractivity contribution in [2.24, 2.45) is 0 Å². The molecule has 1 aliphatic rings. The van der Waals surface area contributed by atoms with Crippen molar-refractivity contribution in [1.29, 1.82) is 0 Å². The number of hydrogen-bond acceptors (Lipinski definition) is 9. The van der Waals surface area contributed by atoms with Gasteiger partial charge in [0.1, 0.15) is 12.4 Å². The van der Waals surface area contributed by atoms with Gasteiger partial charge in [-0.1, -0.05) is 13.8 Å². The molecule has 0 spiro atoms. The van der Waals surface area contributed by atoms with Crippen molar-refractivity contribution in [2.75, 3.05) is 38.1 Å². The molecule has 0 atom stereocenters. The molecular weight excluding hydrogens is 406 g/mol. The highest BCUT2D eigenvalue weighted by molar-refractivity contribution is 8.18. The molecule has 0 radical (unpaired) electrons. The van der Waals surface area contributed by atoms with E-state index < -0.39 is 11.1 Å². The minimum Gasteiger partial charge on any atom is -0.469 e. The van der Waals surface area contributed by atoms with Crippen LogP contribution in [0.2, 0.25) is 0 Å². The second-order valence-corrected chi connectivity index (χ2v) is 7.61. The Morgan fingerprint density at radius 1 is 1.23 bits per heavy atom. The molecule has 0 bridgehead atoms. The van der Waals surface area contributed by atoms with E-state index in [1.807, 2.05) is 18.0 Å². The van der Waals surface area contributed by atoms with Crippen molar-refractivity contribution in [3.63, 3.8) is 0 Å². The van der Waals surface area contributed by atoms with Gasteiger partial charge in [0.25, 0.3) is 11.1 Å². The van der Waals surface area contributed by atoms with Gasteiger partial charge in [0, 0.05) is 26.2 Å². The highest BCUT2D eigenvalue weighted by Crippen LogP contribution is 2.26. The normalized spacial score (nSPS) is 15.1. The summed E-state index contributed by atoms with van der Waals surface area (Å²) in [6.07, 6.45) is 3.14. The molecule has 1 fully saturated rings. The van der Waals surface area contributed by atoms with Crippen LogP contribution in [0.3, 0.4) is 0 Å². The summed E-state index contributed by atoms with van der Waals surface area (Å²) in [5.74, 6) is 1.06. The highest BCUT2D eigenvalue weighted by Gasteiger charge is 2.25. The fourth-order valence-corrected chi connectivity index (χ4v) is 3.44. The van der Waals surface area contributed by atoms with E-state index in [0.29, 0.717) is 23.3 Å². The van der Waals surface area contributed by atoms with Crippen molar-refractivity contribution in [2.45, 2.75) is 20.5 Å². The lowest BCUT2D eigenvalue weighted by Crippen LogP contribution is -2.33. The molecule has 9 nitrogen and oxygen atoms in total. The van der Waals surface area contributed by atoms with Gasteiger partial charge in [-0.3, -0.25) is 14.9 Å². The number of nitrogens with zero attached hydrogens (tertiary/aromatic N) is 4. The second-order valence-electron chi connectivity index (χ2n) is 6.60. The Kier molecular flexibility index (Phi) is 7.47. The maximum Gasteiger partial charge on any atom is 0.290 e. The number of carbonyl (C=O) groups is 2. The van der Waals surface area contributed by atoms with Crippen LogP contribution in [-0.4, -0.2) is 59.2 Å². The topological polar surface area (TPSA) is 101 Å². The van der Waals surface area contributed by atoms with Crippen LogP contribution in [0.15, 0.2) is 33.8 Å². The number of hydrogen-bond donors (Lipinski definition) is 1. The minimum absolute atomic E-state index is 0.219. The van der Waals surface area contributed by atoms with Crippen molar-refractivity contribution < 1.29 is 18.7 Å². The van der Waals surface area contributed by atoms with Crippen molar-refractivity contribution in [3.05, 3.63) is 40.8 Å². The van der Waals surface area contributed by atoms with Gasteiger partial charge in [-0.25, -0.2) is 4.98 Å². The van der Waals surface area contributed by atoms with E-state index in [1.165, 1.54) is 0 Å². The maximum atomic E-state index is 11.9. The zero-order valence-corrected chi connectivity index (χ0v) is 18.1. The van der Waals surface area contributed by atoms with Gasteiger partial charge in [0.15, 0.2) is 0 Å². The molecule has 10 heteroatoms. The predicted molar refractivity (Wildman–Crippen MR) is 115 cm³/mol. The Balaban J connectivity index is 1.82. The van der Waals surface area contributed by atoms with Crippen molar-refractivity contribution >= 4 is 34.9 Å². The number of furan rings is 1. The average Bonchev–Trinajstić information content (AvgIpc) is 3.36. The number of amides is 2. The van der Waals surface area contributed by atoms with E-state index >= 15 is 0 Å². The largest absolute Gasteiger partial charge is 0.469 e. The number of ether oxygens (including phenoxy) is 1. The zero-order valence-electron chi connectivity index (χ0n) is 17.3. The van der Waals surface area contributed by atoms with Crippen LogP contribution in [0.5, 0.6) is 5.88 Å². The number of likely N-dealkylation sites (N-methyl/N-ethyl adjacent to an activating group) is 2. The number of thioether (sulfide) groups is 1. The first-order chi connectivity index (χ1) is 14.5. The Morgan fingerprint density at radius 2 is 2.03 bits per heavy atom. The summed E-state index contributed by atoms with van der Waals surface area (Å²) in [4.78, 5) is 36.9. The second kappa shape index (κ2) is 10.3. The number of carbonyl (C=O) groups excluding carboxylic acids is 2. The molecule has 0 unspecified atom stereocenters. The molecule has 30 heavy (non-hydrogen) atoms. The standard InChI is InChI=1S/C20H25N5O4S/c1-4-25(5-2)9-8-24(3)19-21-14(11-16-18(26)23-20(27)30-16)12-17(22-19)29-13-15-7-6-10-28-15/h6-7,10-12H,4-5,8-9,13H2,1-3H3,(H,23,26,27). The molecule has 3 heterocycles. The van der Waals surface area contributed by atoms with Crippen LogP contribution < -0.4 is 15.0 Å². The van der Waals surface area contributed by atoms with Crippen LogP contribution in [0, 0.1) is 0 Å². The fraction of sp³-hybridized carbons (Fsp3) is 0.400. The van der Waals surface area contributed by atoms with Crippen LogP contribution in [0.1, 0.15) is 25.3 Å². The SMILES string of the molecule is CCN(CC)CCN(C)c1nc(C=C2SC(=O)NC2=O)cc(OCc2ccco2)n1. The molecule has 2 amide bonds. The van der Waals surface area contributed by atoms with Crippen LogP contribution >= 0.6 is 11.8 Å². The number of rotatable bonds is 10. The third-order valence-corrected chi connectivity index (χ3v) is 5.37. The first-order valence-corrected chi connectivity index (χ1v) is 10.5. The average molecular weight is 432 g/mol. The Morgan fingerprint density at radius 3 is 2.67 bits per heavy atom. The third kappa shape index (κ3) is 5.83. The van der Waals surface area contributed by atoms with Gasteiger partial charge in [-0.05, 0) is 43.1 Å². The van der Waals surface area contributed by atoms with E-state index in [9.17, 15) is 9.59 Å². The summed E-state index contributed by atoms with van der Waals surface area (Å²) >= 11 is 0.845. The predicted octanol–water partition coefficient (Wildman–Crippen LogP) is 2.75. The summed E-state index contributed by atoms with van der Waals surface area (Å²) in [5, 5.41) is 1.85. The first-order valence-electron chi connectivity index (χ1n) is 9.71. The summed E-state index contributed by atoms with van der Waals surface area (Å²) in [5.41, 5.74) is 0.483. The molecule has 0 saturated carbocycles. The van der Waals surface area contributed by atoms with Gasteiger partial charge in [-0.2, -0.15) is 4.98 Å². The lowest BCUT2D eigenvalue weighted by molar-refractivity contribution is -0.115. The maximum absolute atomic E-state index is 11.9. The molecule has 160 valence electrons. The molecule has 0 aliphatic carbocycles. The quantitative estimate of drug-likeness (QED) is 0.569. The van der Waals surface area contributed by atoms with Gasteiger partial charge in [0.2, 0.25) is 11.8 Å². The first kappa shape index (κ1) is 21.8. The molecule has 1 aliphatic heterocycles. The summed E-state index contributed by atoms with van der Waals surface area (Å²) in [6.45, 7) is 8.00. The van der Waals surface area contributed by atoms with Gasteiger partial charge in [-0.15, -0.1) is 0 Å². The number of aromatic nitrogens is 2. The summed E-state index contributed by atoms with van der Waals surface area (Å²) in [6, 6.07) is 5.23. The van der Waals surface area contributed by atoms with Gasteiger partial charge in [0.05, 0.1) is 16.9 Å². The van der Waals surface area contributed by atoms with Crippen molar-refractivity contribution in [3.8, 4) is 5.88 Å². The van der Waals surface area contributed by atoms with Gasteiger partial charge < -0.3 is 19.0 Å². The number of imide groups is 1. The molecule has 2 aromatic rings. The minimum atomic E-state index is -0.432. The highest BCUT2D eigenvalue weighted by atomic mass is 32.2. The van der Waals surface area contributed by atoms with E-state index in [2.05, 4.69) is 34.0 Å². The molecular formula is C20H25N5O4S. The molecule has 3 rings (SSSR count). The van der Waals surface area contributed by atoms with E-state index in [-0.39, 0.29) is 11.5 Å². The van der Waals surface area contributed by atoms with Crippen LogP contribution in [-0.2, 0) is 11.4 Å². The molecule has 1 saturated heterocycles. The lowest BCUT2D eigenvalue weighted by atomic mass is 10.3. The monoisotopic (exact) mass is 431 g/mol. The Labute approximate surface area is 179 Å². The zero-order chi connectivity index (χ0) is 21.5. The summed E-state index contributed by atoms with van der Waals surface area (Å²) in [7, 11) is 1.91. The molecule has 2 aromatic heterocycles. The van der Waals surface area contributed by atoms with E-state index in [4.69, 9.17) is 9.15 Å². The fourth-order valence-electron chi connectivity index (χ4n) is 2.78. The number of anilines is 1. The Bertz CT molecular complexity index is 912. The van der Waals surface area contributed by atoms with Crippen LogP contribution in [0.25, 0.3) is 6.08 Å². The molecule has 0 aromatic carbocycles. The van der Waals surface area contributed by atoms with Crippen molar-refractivity contribution in [1.82, 2.24) is 20.2 Å². The number of nitrogens with one attached hydrogen (secondary N) is 1. The Hall–Kier alpha value is -2.85. The van der Waals surface area contributed by atoms with E-state index in [1.54, 1.807) is 24.5 Å². The smallest absolute Gasteiger partial charge is 0.290 e. The molecule has 1 N–H and O–H groups in total. The van der Waals surface area contributed by atoms with Gasteiger partial charge >= 0.3 is 0 Å². The van der Waals surface area contributed by atoms with E-state index in [0.717, 1.165) is 37.9 Å².